The molecule has 0 spiro atoms. The average Bonchev–Trinajstić information content (AvgIpc) is 2.57. The number of aromatic nitrogens is 1. The van der Waals surface area contributed by atoms with E-state index in [1.54, 1.807) is 12.5 Å². The molecule has 5 heteroatoms. The van der Waals surface area contributed by atoms with Crippen molar-refractivity contribution in [3.63, 3.8) is 0 Å². The molecule has 0 fully saturated rings. The molecule has 5 nitrogen and oxygen atoms in total. The van der Waals surface area contributed by atoms with Crippen molar-refractivity contribution < 1.29 is 9.32 Å². The van der Waals surface area contributed by atoms with Crippen LogP contribution in [0.25, 0.3) is 0 Å². The van der Waals surface area contributed by atoms with Gasteiger partial charge in [-0.3, -0.25) is 4.79 Å². The first-order chi connectivity index (χ1) is 6.33. The van der Waals surface area contributed by atoms with E-state index in [0.29, 0.717) is 19.6 Å². The number of carbonyl (C=O) groups is 1. The Bertz CT molecular complexity index is 246. The normalized spacial score (nSPS) is 9.92. The monoisotopic (exact) mass is 183 g/mol. The molecule has 2 N–H and O–H groups in total. The van der Waals surface area contributed by atoms with Crippen molar-refractivity contribution in [2.45, 2.75) is 13.5 Å². The van der Waals surface area contributed by atoms with E-state index in [4.69, 9.17) is 0 Å². The van der Waals surface area contributed by atoms with Crippen LogP contribution in [-0.2, 0) is 11.3 Å². The average molecular weight is 183 g/mol. The van der Waals surface area contributed by atoms with Crippen molar-refractivity contribution >= 4 is 5.91 Å². The molecule has 0 atom stereocenters. The van der Waals surface area contributed by atoms with E-state index < -0.39 is 0 Å². The standard InChI is InChI=1S/C8H13N3O2/c1-2-10-8(12)5-9-3-7-4-11-13-6-7/h4,6,9H,2-3,5H2,1H3,(H,10,12). The summed E-state index contributed by atoms with van der Waals surface area (Å²) in [7, 11) is 0. The van der Waals surface area contributed by atoms with E-state index in [1.807, 2.05) is 6.92 Å². The van der Waals surface area contributed by atoms with E-state index in [1.165, 1.54) is 0 Å². The quantitative estimate of drug-likeness (QED) is 0.669. The summed E-state index contributed by atoms with van der Waals surface area (Å²) in [6, 6.07) is 0. The second kappa shape index (κ2) is 5.31. The lowest BCUT2D eigenvalue weighted by atomic mass is 10.3. The fourth-order valence-electron chi connectivity index (χ4n) is 0.894. The molecular formula is C8H13N3O2. The summed E-state index contributed by atoms with van der Waals surface area (Å²) in [6.45, 7) is 3.46. The third-order valence-corrected chi connectivity index (χ3v) is 1.47. The summed E-state index contributed by atoms with van der Waals surface area (Å²) in [4.78, 5) is 11.0. The second-order valence-electron chi connectivity index (χ2n) is 2.59. The third-order valence-electron chi connectivity index (χ3n) is 1.47. The Balaban J connectivity index is 2.11. The van der Waals surface area contributed by atoms with Gasteiger partial charge in [0.2, 0.25) is 5.91 Å². The van der Waals surface area contributed by atoms with Gasteiger partial charge in [0.25, 0.3) is 0 Å². The predicted molar refractivity (Wildman–Crippen MR) is 46.9 cm³/mol. The highest BCUT2D eigenvalue weighted by Gasteiger charge is 1.99. The molecular weight excluding hydrogens is 170 g/mol. The molecule has 1 aromatic heterocycles. The van der Waals surface area contributed by atoms with Gasteiger partial charge in [0.15, 0.2) is 0 Å². The number of likely N-dealkylation sites (N-methyl/N-ethyl adjacent to an activating group) is 1. The van der Waals surface area contributed by atoms with Crippen molar-refractivity contribution in [3.05, 3.63) is 18.0 Å². The molecule has 0 aromatic carbocycles. The van der Waals surface area contributed by atoms with Gasteiger partial charge in [0.05, 0.1) is 12.7 Å². The maximum atomic E-state index is 11.0. The van der Waals surface area contributed by atoms with E-state index in [0.717, 1.165) is 5.56 Å². The highest BCUT2D eigenvalue weighted by atomic mass is 16.5. The summed E-state index contributed by atoms with van der Waals surface area (Å²) in [5, 5.41) is 9.19. The minimum Gasteiger partial charge on any atom is -0.364 e. The zero-order valence-corrected chi connectivity index (χ0v) is 7.54. The van der Waals surface area contributed by atoms with Gasteiger partial charge in [0, 0.05) is 18.7 Å². The fraction of sp³-hybridized carbons (Fsp3) is 0.500. The van der Waals surface area contributed by atoms with Crippen LogP contribution in [0.2, 0.25) is 0 Å². The lowest BCUT2D eigenvalue weighted by molar-refractivity contribution is -0.120. The van der Waals surface area contributed by atoms with E-state index >= 15 is 0 Å². The maximum Gasteiger partial charge on any atom is 0.233 e. The molecule has 0 radical (unpaired) electrons. The lowest BCUT2D eigenvalue weighted by Crippen LogP contribution is -2.33. The van der Waals surface area contributed by atoms with Crippen LogP contribution in [0.15, 0.2) is 17.0 Å². The molecule has 0 bridgehead atoms. The molecule has 0 unspecified atom stereocenters. The van der Waals surface area contributed by atoms with E-state index in [2.05, 4.69) is 20.3 Å². The van der Waals surface area contributed by atoms with E-state index in [9.17, 15) is 4.79 Å². The summed E-state index contributed by atoms with van der Waals surface area (Å²) in [5.74, 6) is -0.000968. The van der Waals surface area contributed by atoms with Crippen LogP contribution >= 0.6 is 0 Å². The van der Waals surface area contributed by atoms with Crippen molar-refractivity contribution in [2.24, 2.45) is 0 Å². The Kier molecular flexibility index (Phi) is 3.98. The van der Waals surface area contributed by atoms with Crippen molar-refractivity contribution in [3.8, 4) is 0 Å². The van der Waals surface area contributed by atoms with Gasteiger partial charge >= 0.3 is 0 Å². The Morgan fingerprint density at radius 1 is 1.69 bits per heavy atom. The van der Waals surface area contributed by atoms with Crippen LogP contribution in [0.5, 0.6) is 0 Å². The molecule has 13 heavy (non-hydrogen) atoms. The van der Waals surface area contributed by atoms with Gasteiger partial charge < -0.3 is 15.2 Å². The molecule has 0 aliphatic heterocycles. The highest BCUT2D eigenvalue weighted by molar-refractivity contribution is 5.77. The molecule has 1 aromatic rings. The molecule has 0 aliphatic carbocycles. The van der Waals surface area contributed by atoms with Crippen LogP contribution in [0.4, 0.5) is 0 Å². The van der Waals surface area contributed by atoms with Gasteiger partial charge in [-0.2, -0.15) is 0 Å². The van der Waals surface area contributed by atoms with Crippen LogP contribution < -0.4 is 10.6 Å². The SMILES string of the molecule is CCNC(=O)CNCc1cnoc1. The number of hydrogen-bond acceptors (Lipinski definition) is 4. The minimum absolute atomic E-state index is 0.000968. The Morgan fingerprint density at radius 3 is 3.15 bits per heavy atom. The minimum atomic E-state index is -0.000968. The topological polar surface area (TPSA) is 67.2 Å². The smallest absolute Gasteiger partial charge is 0.233 e. The maximum absolute atomic E-state index is 11.0. The first-order valence-electron chi connectivity index (χ1n) is 4.18. The van der Waals surface area contributed by atoms with E-state index in [-0.39, 0.29) is 5.91 Å². The summed E-state index contributed by atoms with van der Waals surface area (Å²) >= 11 is 0. The van der Waals surface area contributed by atoms with Crippen molar-refractivity contribution in [2.75, 3.05) is 13.1 Å². The zero-order valence-electron chi connectivity index (χ0n) is 7.54. The number of nitrogens with one attached hydrogen (secondary N) is 2. The number of nitrogens with zero attached hydrogens (tertiary/aromatic N) is 1. The molecule has 0 saturated carbocycles. The van der Waals surface area contributed by atoms with Crippen LogP contribution in [-0.4, -0.2) is 24.2 Å². The first kappa shape index (κ1) is 9.73. The predicted octanol–water partition coefficient (Wildman–Crippen LogP) is -0.0997. The molecule has 0 saturated heterocycles. The summed E-state index contributed by atoms with van der Waals surface area (Å²) in [6.07, 6.45) is 3.16. The van der Waals surface area contributed by atoms with Crippen molar-refractivity contribution in [1.82, 2.24) is 15.8 Å². The number of rotatable bonds is 5. The highest BCUT2D eigenvalue weighted by Crippen LogP contribution is 1.93. The van der Waals surface area contributed by atoms with Crippen LogP contribution in [0.3, 0.4) is 0 Å². The Morgan fingerprint density at radius 2 is 2.54 bits per heavy atom. The van der Waals surface area contributed by atoms with Gasteiger partial charge in [-0.05, 0) is 6.92 Å². The first-order valence-corrected chi connectivity index (χ1v) is 4.18. The molecule has 72 valence electrons. The van der Waals surface area contributed by atoms with Crippen LogP contribution in [0.1, 0.15) is 12.5 Å². The molecule has 1 amide bonds. The summed E-state index contributed by atoms with van der Waals surface area (Å²) < 4.78 is 4.63. The lowest BCUT2D eigenvalue weighted by Gasteiger charge is -2.02. The van der Waals surface area contributed by atoms with Gasteiger partial charge in [-0.1, -0.05) is 5.16 Å². The van der Waals surface area contributed by atoms with Gasteiger partial charge in [0.1, 0.15) is 6.26 Å². The molecule has 1 rings (SSSR count). The number of carbonyl (C=O) groups excluding carboxylic acids is 1. The van der Waals surface area contributed by atoms with Crippen LogP contribution in [0, 0.1) is 0 Å². The number of hydrogen-bond donors (Lipinski definition) is 2. The Hall–Kier alpha value is -1.36. The fourth-order valence-corrected chi connectivity index (χ4v) is 0.894. The molecule has 1 heterocycles. The van der Waals surface area contributed by atoms with Gasteiger partial charge in [-0.25, -0.2) is 0 Å². The Labute approximate surface area is 76.5 Å². The zero-order chi connectivity index (χ0) is 9.52. The summed E-state index contributed by atoms with van der Waals surface area (Å²) in [5.41, 5.74) is 0.935. The number of amides is 1. The second-order valence-corrected chi connectivity index (χ2v) is 2.59. The third kappa shape index (κ3) is 3.71. The van der Waals surface area contributed by atoms with Crippen molar-refractivity contribution in [1.29, 1.82) is 0 Å². The molecule has 0 aliphatic rings. The largest absolute Gasteiger partial charge is 0.364 e. The van der Waals surface area contributed by atoms with Gasteiger partial charge in [-0.15, -0.1) is 0 Å².